The highest BCUT2D eigenvalue weighted by molar-refractivity contribution is 5.94. The Morgan fingerprint density at radius 1 is 1.10 bits per heavy atom. The van der Waals surface area contributed by atoms with Crippen LogP contribution in [0.3, 0.4) is 0 Å². The highest BCUT2D eigenvalue weighted by Crippen LogP contribution is 2.34. The van der Waals surface area contributed by atoms with Crippen molar-refractivity contribution in [3.8, 4) is 5.88 Å². The number of hydrogen-bond donors (Lipinski definition) is 0. The second-order valence-electron chi connectivity index (χ2n) is 7.66. The summed E-state index contributed by atoms with van der Waals surface area (Å²) in [5.74, 6) is 3.27. The minimum absolute atomic E-state index is 0.0396. The van der Waals surface area contributed by atoms with Gasteiger partial charge in [-0.05, 0) is 18.2 Å². The van der Waals surface area contributed by atoms with Gasteiger partial charge in [-0.2, -0.15) is 4.52 Å². The second-order valence-corrected chi connectivity index (χ2v) is 7.66. The fraction of sp³-hybridized carbons (Fsp3) is 0.450. The Hall–Kier alpha value is -3.23. The lowest BCUT2D eigenvalue weighted by Gasteiger charge is -2.22. The summed E-state index contributed by atoms with van der Waals surface area (Å²) in [5.41, 5.74) is 1.38. The number of pyridine rings is 1. The summed E-state index contributed by atoms with van der Waals surface area (Å²) < 4.78 is 6.90. The summed E-state index contributed by atoms with van der Waals surface area (Å²) >= 11 is 0. The molecule has 2 saturated heterocycles. The third kappa shape index (κ3) is 3.06. The topological polar surface area (TPSA) is 88.8 Å². The molecule has 0 radical (unpaired) electrons. The lowest BCUT2D eigenvalue weighted by Crippen LogP contribution is -2.33. The van der Waals surface area contributed by atoms with Crippen LogP contribution in [0.1, 0.15) is 23.1 Å². The fourth-order valence-corrected chi connectivity index (χ4v) is 4.37. The maximum atomic E-state index is 12.8. The van der Waals surface area contributed by atoms with Crippen molar-refractivity contribution < 1.29 is 9.53 Å². The van der Waals surface area contributed by atoms with E-state index in [1.54, 1.807) is 25.4 Å². The van der Waals surface area contributed by atoms with Gasteiger partial charge in [0.05, 0.1) is 12.7 Å². The van der Waals surface area contributed by atoms with Crippen LogP contribution >= 0.6 is 0 Å². The molecule has 2 fully saturated rings. The van der Waals surface area contributed by atoms with E-state index in [-0.39, 0.29) is 5.91 Å². The standard InChI is InChI=1S/C20H23N7O2/c1-3-16-22-23-17-5-6-18(24-27(16)17)25-9-14-11-26(12-15(14)10-25)20(28)13-4-7-19(29-2)21-8-13/h4-8,14-15H,3,9-12H2,1-2H3. The van der Waals surface area contributed by atoms with Crippen LogP contribution in [0.25, 0.3) is 5.65 Å². The van der Waals surface area contributed by atoms with E-state index in [0.29, 0.717) is 23.3 Å². The average Bonchev–Trinajstić information content (AvgIpc) is 3.45. The molecule has 1 amide bonds. The third-order valence-corrected chi connectivity index (χ3v) is 5.92. The van der Waals surface area contributed by atoms with Crippen LogP contribution in [0.5, 0.6) is 5.88 Å². The molecule has 3 aromatic heterocycles. The number of likely N-dealkylation sites (tertiary alicyclic amines) is 1. The van der Waals surface area contributed by atoms with Crippen molar-refractivity contribution in [3.63, 3.8) is 0 Å². The van der Waals surface area contributed by atoms with Crippen LogP contribution in [0.4, 0.5) is 5.82 Å². The molecule has 150 valence electrons. The lowest BCUT2D eigenvalue weighted by molar-refractivity contribution is 0.0782. The summed E-state index contributed by atoms with van der Waals surface area (Å²) in [5, 5.41) is 13.1. The maximum Gasteiger partial charge on any atom is 0.255 e. The molecule has 2 aliphatic heterocycles. The van der Waals surface area contributed by atoms with Crippen LogP contribution in [0, 0.1) is 11.8 Å². The summed E-state index contributed by atoms with van der Waals surface area (Å²) in [7, 11) is 1.57. The highest BCUT2D eigenvalue weighted by Gasteiger charge is 2.42. The van der Waals surface area contributed by atoms with Crippen LogP contribution in [0.15, 0.2) is 30.5 Å². The van der Waals surface area contributed by atoms with E-state index in [1.165, 1.54) is 0 Å². The van der Waals surface area contributed by atoms with Gasteiger partial charge >= 0.3 is 0 Å². The van der Waals surface area contributed by atoms with Gasteiger partial charge in [0.15, 0.2) is 11.5 Å². The van der Waals surface area contributed by atoms with E-state index in [2.05, 4.69) is 27.0 Å². The van der Waals surface area contributed by atoms with E-state index in [4.69, 9.17) is 9.84 Å². The Morgan fingerprint density at radius 3 is 2.55 bits per heavy atom. The van der Waals surface area contributed by atoms with Gasteiger partial charge in [-0.3, -0.25) is 4.79 Å². The van der Waals surface area contributed by atoms with E-state index < -0.39 is 0 Å². The number of carbonyl (C=O) groups excluding carboxylic acids is 1. The molecule has 5 heterocycles. The van der Waals surface area contributed by atoms with Crippen molar-refractivity contribution in [3.05, 3.63) is 41.9 Å². The molecule has 0 N–H and O–H groups in total. The number of carbonyl (C=O) groups is 1. The van der Waals surface area contributed by atoms with Gasteiger partial charge in [0, 0.05) is 56.7 Å². The summed E-state index contributed by atoms with van der Waals surface area (Å²) in [6.45, 7) is 5.38. The summed E-state index contributed by atoms with van der Waals surface area (Å²) in [6.07, 6.45) is 2.38. The van der Waals surface area contributed by atoms with Gasteiger partial charge in [-0.1, -0.05) is 6.92 Å². The Kier molecular flexibility index (Phi) is 4.30. The minimum atomic E-state index is 0.0396. The number of nitrogens with zero attached hydrogens (tertiary/aromatic N) is 7. The third-order valence-electron chi connectivity index (χ3n) is 5.92. The van der Waals surface area contributed by atoms with E-state index in [9.17, 15) is 4.79 Å². The average molecular weight is 393 g/mol. The molecule has 29 heavy (non-hydrogen) atoms. The number of aromatic nitrogens is 5. The van der Waals surface area contributed by atoms with Gasteiger partial charge in [-0.25, -0.2) is 4.98 Å². The number of anilines is 1. The van der Waals surface area contributed by atoms with Crippen LogP contribution in [-0.4, -0.2) is 68.9 Å². The van der Waals surface area contributed by atoms with Crippen molar-refractivity contribution >= 4 is 17.4 Å². The number of rotatable bonds is 4. The largest absolute Gasteiger partial charge is 0.481 e. The normalized spacial score (nSPS) is 21.0. The number of hydrogen-bond acceptors (Lipinski definition) is 7. The molecule has 0 saturated carbocycles. The Balaban J connectivity index is 1.27. The van der Waals surface area contributed by atoms with Crippen LogP contribution in [0.2, 0.25) is 0 Å². The summed E-state index contributed by atoms with van der Waals surface area (Å²) in [4.78, 5) is 21.2. The molecule has 2 aliphatic rings. The molecule has 0 aliphatic carbocycles. The first-order valence-electron chi connectivity index (χ1n) is 9.92. The maximum absolute atomic E-state index is 12.8. The molecule has 0 spiro atoms. The number of methoxy groups -OCH3 is 1. The molecule has 0 aromatic carbocycles. The van der Waals surface area contributed by atoms with E-state index >= 15 is 0 Å². The molecule has 9 nitrogen and oxygen atoms in total. The molecule has 5 rings (SSSR count). The van der Waals surface area contributed by atoms with Gasteiger partial charge in [0.25, 0.3) is 5.91 Å². The zero-order valence-electron chi connectivity index (χ0n) is 16.5. The number of amides is 1. The first kappa shape index (κ1) is 17.8. The smallest absolute Gasteiger partial charge is 0.255 e. The zero-order valence-corrected chi connectivity index (χ0v) is 16.5. The van der Waals surface area contributed by atoms with Gasteiger partial charge < -0.3 is 14.5 Å². The number of ether oxygens (including phenoxy) is 1. The van der Waals surface area contributed by atoms with Gasteiger partial charge in [-0.15, -0.1) is 15.3 Å². The predicted octanol–water partition coefficient (Wildman–Crippen LogP) is 1.30. The monoisotopic (exact) mass is 393 g/mol. The molecule has 9 heteroatoms. The number of aryl methyl sites for hydroxylation is 1. The van der Waals surface area contributed by atoms with Crippen LogP contribution in [-0.2, 0) is 6.42 Å². The molecule has 3 aromatic rings. The van der Waals surface area contributed by atoms with Gasteiger partial charge in [0.2, 0.25) is 5.88 Å². The first-order valence-corrected chi connectivity index (χ1v) is 9.92. The van der Waals surface area contributed by atoms with Gasteiger partial charge in [0.1, 0.15) is 5.82 Å². The van der Waals surface area contributed by atoms with Crippen molar-refractivity contribution in [2.75, 3.05) is 38.2 Å². The van der Waals surface area contributed by atoms with Crippen molar-refractivity contribution in [1.29, 1.82) is 0 Å². The molecular formula is C20H23N7O2. The Labute approximate surface area is 168 Å². The quantitative estimate of drug-likeness (QED) is 0.660. The van der Waals surface area contributed by atoms with Crippen molar-refractivity contribution in [2.45, 2.75) is 13.3 Å². The van der Waals surface area contributed by atoms with Crippen LogP contribution < -0.4 is 9.64 Å². The second kappa shape index (κ2) is 6.98. The SMILES string of the molecule is CCc1nnc2ccc(N3CC4CN(C(=O)c5ccc(OC)nc5)CC4C3)nn12. The molecule has 2 unspecified atom stereocenters. The predicted molar refractivity (Wildman–Crippen MR) is 106 cm³/mol. The lowest BCUT2D eigenvalue weighted by atomic mass is 10.0. The molecule has 0 bridgehead atoms. The Bertz CT molecular complexity index is 1030. The Morgan fingerprint density at radius 2 is 1.90 bits per heavy atom. The van der Waals surface area contributed by atoms with Crippen molar-refractivity contribution in [1.82, 2.24) is 29.7 Å². The van der Waals surface area contributed by atoms with E-state index in [0.717, 1.165) is 49.9 Å². The minimum Gasteiger partial charge on any atom is -0.481 e. The zero-order chi connectivity index (χ0) is 20.0. The molecule has 2 atom stereocenters. The first-order chi connectivity index (χ1) is 14.2. The fourth-order valence-electron chi connectivity index (χ4n) is 4.37. The number of fused-ring (bicyclic) bond motifs is 2. The van der Waals surface area contributed by atoms with Crippen molar-refractivity contribution in [2.24, 2.45) is 11.8 Å². The van der Waals surface area contributed by atoms with E-state index in [1.807, 2.05) is 21.5 Å². The highest BCUT2D eigenvalue weighted by atomic mass is 16.5. The molecular weight excluding hydrogens is 370 g/mol. The summed E-state index contributed by atoms with van der Waals surface area (Å²) in [6, 6.07) is 7.48.